The zero-order valence-corrected chi connectivity index (χ0v) is 9.27. The Hall–Kier alpha value is -1.97. The monoisotopic (exact) mass is 222 g/mol. The Morgan fingerprint density at radius 2 is 2.19 bits per heavy atom. The van der Waals surface area contributed by atoms with Crippen LogP contribution in [0.1, 0.15) is 17.3 Å². The number of carbonyl (C=O) groups is 1. The van der Waals surface area contributed by atoms with Gasteiger partial charge in [0.25, 0.3) is 0 Å². The van der Waals surface area contributed by atoms with Crippen molar-refractivity contribution >= 4 is 5.97 Å². The largest absolute Gasteiger partial charge is 0.493 e. The van der Waals surface area contributed by atoms with Crippen LogP contribution in [0.25, 0.3) is 0 Å². The van der Waals surface area contributed by atoms with Gasteiger partial charge in [-0.3, -0.25) is 0 Å². The van der Waals surface area contributed by atoms with Gasteiger partial charge in [-0.2, -0.15) is 0 Å². The highest BCUT2D eigenvalue weighted by Gasteiger charge is 2.09. The van der Waals surface area contributed by atoms with Gasteiger partial charge in [0.05, 0.1) is 12.7 Å². The van der Waals surface area contributed by atoms with Gasteiger partial charge in [0.1, 0.15) is 6.61 Å². The van der Waals surface area contributed by atoms with Crippen LogP contribution < -0.4 is 9.47 Å². The Kier molecular flexibility index (Phi) is 4.39. The zero-order chi connectivity index (χ0) is 12.0. The summed E-state index contributed by atoms with van der Waals surface area (Å²) < 4.78 is 10.5. The minimum Gasteiger partial charge on any atom is -0.493 e. The first kappa shape index (κ1) is 12.1. The number of hydrogen-bond acceptors (Lipinski definition) is 3. The van der Waals surface area contributed by atoms with Gasteiger partial charge in [-0.15, -0.1) is 0 Å². The van der Waals surface area contributed by atoms with E-state index in [1.165, 1.54) is 19.2 Å². The summed E-state index contributed by atoms with van der Waals surface area (Å²) in [6, 6.07) is 4.50. The van der Waals surface area contributed by atoms with Gasteiger partial charge >= 0.3 is 5.97 Å². The van der Waals surface area contributed by atoms with Crippen LogP contribution in [-0.2, 0) is 0 Å². The van der Waals surface area contributed by atoms with Crippen LogP contribution in [0.4, 0.5) is 0 Å². The first-order valence-electron chi connectivity index (χ1n) is 4.84. The van der Waals surface area contributed by atoms with Crippen LogP contribution in [0.5, 0.6) is 11.5 Å². The van der Waals surface area contributed by atoms with Crippen LogP contribution in [0.15, 0.2) is 30.4 Å². The predicted molar refractivity (Wildman–Crippen MR) is 60.3 cm³/mol. The quantitative estimate of drug-likeness (QED) is 0.777. The summed E-state index contributed by atoms with van der Waals surface area (Å²) in [5, 5.41) is 8.83. The second kappa shape index (κ2) is 5.80. The number of aromatic carboxylic acids is 1. The molecular formula is C12H14O4. The number of allylic oxidation sites excluding steroid dienone is 1. The first-order valence-corrected chi connectivity index (χ1v) is 4.84. The van der Waals surface area contributed by atoms with Crippen molar-refractivity contribution in [1.29, 1.82) is 0 Å². The van der Waals surface area contributed by atoms with Crippen molar-refractivity contribution in [1.82, 2.24) is 0 Å². The van der Waals surface area contributed by atoms with Crippen LogP contribution in [-0.4, -0.2) is 24.8 Å². The maximum absolute atomic E-state index is 10.8. The van der Waals surface area contributed by atoms with E-state index in [9.17, 15) is 4.79 Å². The smallest absolute Gasteiger partial charge is 0.335 e. The molecule has 0 atom stereocenters. The molecule has 86 valence electrons. The summed E-state index contributed by atoms with van der Waals surface area (Å²) in [6.45, 7) is 2.27. The summed E-state index contributed by atoms with van der Waals surface area (Å²) in [5.74, 6) is -0.0338. The molecule has 0 aliphatic carbocycles. The number of rotatable bonds is 5. The fourth-order valence-electron chi connectivity index (χ4n) is 1.16. The minimum atomic E-state index is -0.987. The lowest BCUT2D eigenvalue weighted by atomic mass is 10.2. The Bertz CT molecular complexity index is 396. The fourth-order valence-corrected chi connectivity index (χ4v) is 1.16. The van der Waals surface area contributed by atoms with E-state index < -0.39 is 5.97 Å². The molecule has 0 aliphatic heterocycles. The third-order valence-corrected chi connectivity index (χ3v) is 1.98. The Balaban J connectivity index is 2.92. The van der Waals surface area contributed by atoms with E-state index in [2.05, 4.69) is 0 Å². The molecule has 16 heavy (non-hydrogen) atoms. The lowest BCUT2D eigenvalue weighted by molar-refractivity contribution is 0.0696. The van der Waals surface area contributed by atoms with E-state index in [-0.39, 0.29) is 5.56 Å². The van der Waals surface area contributed by atoms with Gasteiger partial charge in [0, 0.05) is 0 Å². The van der Waals surface area contributed by atoms with Crippen LogP contribution in [0.2, 0.25) is 0 Å². The highest BCUT2D eigenvalue weighted by atomic mass is 16.5. The molecule has 1 N–H and O–H groups in total. The number of benzene rings is 1. The normalized spacial score (nSPS) is 10.4. The Labute approximate surface area is 94.1 Å². The molecule has 0 unspecified atom stereocenters. The summed E-state index contributed by atoms with van der Waals surface area (Å²) in [4.78, 5) is 10.8. The number of carboxylic acids is 1. The molecule has 0 saturated heterocycles. The molecule has 0 radical (unpaired) electrons. The van der Waals surface area contributed by atoms with Gasteiger partial charge in [0.15, 0.2) is 11.5 Å². The highest BCUT2D eigenvalue weighted by Crippen LogP contribution is 2.28. The maximum atomic E-state index is 10.8. The minimum absolute atomic E-state index is 0.177. The average molecular weight is 222 g/mol. The predicted octanol–water partition coefficient (Wildman–Crippen LogP) is 2.35. The summed E-state index contributed by atoms with van der Waals surface area (Å²) in [7, 11) is 1.51. The molecule has 0 heterocycles. The highest BCUT2D eigenvalue weighted by molar-refractivity contribution is 5.88. The van der Waals surface area contributed by atoms with E-state index >= 15 is 0 Å². The second-order valence-electron chi connectivity index (χ2n) is 3.05. The van der Waals surface area contributed by atoms with Gasteiger partial charge in [0.2, 0.25) is 0 Å². The second-order valence-corrected chi connectivity index (χ2v) is 3.05. The molecule has 4 heteroatoms. The van der Waals surface area contributed by atoms with E-state index in [1.54, 1.807) is 6.07 Å². The van der Waals surface area contributed by atoms with E-state index in [0.717, 1.165) is 0 Å². The summed E-state index contributed by atoms with van der Waals surface area (Å²) in [5.41, 5.74) is 0.177. The molecule has 1 rings (SSSR count). The lowest BCUT2D eigenvalue weighted by Crippen LogP contribution is -2.00. The number of methoxy groups -OCH3 is 1. The number of hydrogen-bond donors (Lipinski definition) is 1. The molecule has 1 aromatic rings. The summed E-state index contributed by atoms with van der Waals surface area (Å²) in [6.07, 6.45) is 3.68. The van der Waals surface area contributed by atoms with E-state index in [1.807, 2.05) is 19.1 Å². The van der Waals surface area contributed by atoms with Crippen LogP contribution >= 0.6 is 0 Å². The van der Waals surface area contributed by atoms with Crippen LogP contribution in [0.3, 0.4) is 0 Å². The van der Waals surface area contributed by atoms with Crippen molar-refractivity contribution in [3.05, 3.63) is 35.9 Å². The van der Waals surface area contributed by atoms with E-state index in [4.69, 9.17) is 14.6 Å². The van der Waals surface area contributed by atoms with Crippen molar-refractivity contribution in [2.75, 3.05) is 13.7 Å². The lowest BCUT2D eigenvalue weighted by Gasteiger charge is -2.09. The Morgan fingerprint density at radius 1 is 1.44 bits per heavy atom. The molecule has 0 bridgehead atoms. The van der Waals surface area contributed by atoms with Gasteiger partial charge in [-0.1, -0.05) is 12.2 Å². The zero-order valence-electron chi connectivity index (χ0n) is 9.27. The molecular weight excluding hydrogens is 208 g/mol. The molecule has 0 aromatic heterocycles. The fraction of sp³-hybridized carbons (Fsp3) is 0.250. The van der Waals surface area contributed by atoms with Gasteiger partial charge in [-0.25, -0.2) is 4.79 Å². The first-order chi connectivity index (χ1) is 7.69. The van der Waals surface area contributed by atoms with Gasteiger partial charge in [-0.05, 0) is 25.1 Å². The van der Waals surface area contributed by atoms with Crippen molar-refractivity contribution in [2.24, 2.45) is 0 Å². The maximum Gasteiger partial charge on any atom is 0.335 e. The number of ether oxygens (including phenoxy) is 2. The van der Waals surface area contributed by atoms with Crippen molar-refractivity contribution in [3.63, 3.8) is 0 Å². The van der Waals surface area contributed by atoms with Crippen molar-refractivity contribution in [2.45, 2.75) is 6.92 Å². The molecule has 4 nitrogen and oxygen atoms in total. The topological polar surface area (TPSA) is 55.8 Å². The average Bonchev–Trinajstić information content (AvgIpc) is 2.29. The SMILES string of the molecule is CC=CCOc1cc(C(=O)O)ccc1OC. The van der Waals surface area contributed by atoms with Crippen molar-refractivity contribution < 1.29 is 19.4 Å². The molecule has 0 saturated carbocycles. The molecule has 0 spiro atoms. The Morgan fingerprint density at radius 3 is 2.75 bits per heavy atom. The third kappa shape index (κ3) is 3.02. The molecule has 0 amide bonds. The van der Waals surface area contributed by atoms with Gasteiger partial charge < -0.3 is 14.6 Å². The molecule has 0 aliphatic rings. The summed E-state index contributed by atoms with van der Waals surface area (Å²) >= 11 is 0. The standard InChI is InChI=1S/C12H14O4/c1-3-4-7-16-11-8-9(12(13)14)5-6-10(11)15-2/h3-6,8H,7H2,1-2H3,(H,13,14). The molecule has 1 aromatic carbocycles. The third-order valence-electron chi connectivity index (χ3n) is 1.98. The molecule has 0 fully saturated rings. The van der Waals surface area contributed by atoms with E-state index in [0.29, 0.717) is 18.1 Å². The van der Waals surface area contributed by atoms with Crippen molar-refractivity contribution in [3.8, 4) is 11.5 Å². The van der Waals surface area contributed by atoms with Crippen LogP contribution in [0, 0.1) is 0 Å². The number of carboxylic acid groups (broad SMARTS) is 1.